The number of hydrogen-bond acceptors (Lipinski definition) is 3. The van der Waals surface area contributed by atoms with Crippen LogP contribution in [0.4, 0.5) is 5.69 Å². The van der Waals surface area contributed by atoms with Crippen molar-refractivity contribution in [1.29, 1.82) is 0 Å². The lowest BCUT2D eigenvalue weighted by molar-refractivity contribution is 0.916. The van der Waals surface area contributed by atoms with Gasteiger partial charge in [0, 0.05) is 24.0 Å². The summed E-state index contributed by atoms with van der Waals surface area (Å²) in [5.74, 6) is 0.449. The number of thiazole rings is 1. The summed E-state index contributed by atoms with van der Waals surface area (Å²) < 4.78 is 0. The molecule has 1 aromatic heterocycles. The van der Waals surface area contributed by atoms with Crippen molar-refractivity contribution in [1.82, 2.24) is 4.98 Å². The number of nitrogens with one attached hydrogen (secondary N) is 1. The first kappa shape index (κ1) is 18.9. The first-order chi connectivity index (χ1) is 10.2. The van der Waals surface area contributed by atoms with Crippen LogP contribution in [0.3, 0.4) is 0 Å². The fourth-order valence-electron chi connectivity index (χ4n) is 1.93. The lowest BCUT2D eigenvalue weighted by atomic mass is 10.1. The van der Waals surface area contributed by atoms with E-state index in [1.807, 2.05) is 12.1 Å². The molecule has 0 spiro atoms. The number of aryl methyl sites for hydroxylation is 2. The Labute approximate surface area is 153 Å². The minimum absolute atomic E-state index is 0. The molecule has 0 amide bonds. The quantitative estimate of drug-likeness (QED) is 0.416. The molecule has 0 aliphatic rings. The molecule has 0 saturated heterocycles. The Morgan fingerprint density at radius 2 is 1.95 bits per heavy atom. The summed E-state index contributed by atoms with van der Waals surface area (Å²) in [4.78, 5) is 8.86. The topological polar surface area (TPSA) is 63.3 Å². The molecule has 6 heteroatoms. The summed E-state index contributed by atoms with van der Waals surface area (Å²) in [6, 6.07) is 8.23. The van der Waals surface area contributed by atoms with E-state index >= 15 is 0 Å². The zero-order chi connectivity index (χ0) is 15.1. The molecule has 0 aliphatic carbocycles. The van der Waals surface area contributed by atoms with Crippen molar-refractivity contribution in [3.63, 3.8) is 0 Å². The third-order valence-electron chi connectivity index (χ3n) is 3.19. The van der Waals surface area contributed by atoms with Crippen LogP contribution < -0.4 is 11.1 Å². The molecule has 2 rings (SSSR count). The number of aromatic nitrogens is 1. The summed E-state index contributed by atoms with van der Waals surface area (Å²) in [5, 5.41) is 6.38. The number of hydrogen-bond donors (Lipinski definition) is 2. The Balaban J connectivity index is 0.00000242. The van der Waals surface area contributed by atoms with Gasteiger partial charge in [-0.3, -0.25) is 4.99 Å². The van der Waals surface area contributed by atoms with Gasteiger partial charge in [0.05, 0.1) is 10.7 Å². The maximum Gasteiger partial charge on any atom is 0.193 e. The lowest BCUT2D eigenvalue weighted by Crippen LogP contribution is -2.23. The van der Waals surface area contributed by atoms with Crippen LogP contribution in [0.1, 0.15) is 30.1 Å². The summed E-state index contributed by atoms with van der Waals surface area (Å²) in [6.07, 6.45) is 2.86. The van der Waals surface area contributed by atoms with Crippen molar-refractivity contribution in [3.05, 3.63) is 45.9 Å². The first-order valence-corrected chi connectivity index (χ1v) is 8.18. The number of aliphatic imine (C=N–C) groups is 1. The van der Waals surface area contributed by atoms with E-state index in [1.54, 1.807) is 11.3 Å². The van der Waals surface area contributed by atoms with Crippen LogP contribution in [-0.2, 0) is 19.3 Å². The highest BCUT2D eigenvalue weighted by atomic mass is 127. The van der Waals surface area contributed by atoms with Crippen LogP contribution in [0.2, 0.25) is 0 Å². The number of anilines is 1. The molecule has 0 unspecified atom stereocenters. The largest absolute Gasteiger partial charge is 0.370 e. The van der Waals surface area contributed by atoms with Crippen molar-refractivity contribution in [3.8, 4) is 0 Å². The Morgan fingerprint density at radius 1 is 1.23 bits per heavy atom. The van der Waals surface area contributed by atoms with Gasteiger partial charge in [0.1, 0.15) is 0 Å². The number of halogens is 1. The highest BCUT2D eigenvalue weighted by Crippen LogP contribution is 2.11. The van der Waals surface area contributed by atoms with E-state index in [9.17, 15) is 0 Å². The van der Waals surface area contributed by atoms with E-state index in [1.165, 1.54) is 10.6 Å². The second kappa shape index (κ2) is 9.78. The average molecular weight is 430 g/mol. The predicted octanol–water partition coefficient (Wildman–Crippen LogP) is 3.86. The second-order valence-corrected chi connectivity index (χ2v) is 5.72. The molecule has 120 valence electrons. The van der Waals surface area contributed by atoms with E-state index in [0.29, 0.717) is 12.5 Å². The minimum Gasteiger partial charge on any atom is -0.370 e. The summed E-state index contributed by atoms with van der Waals surface area (Å²) in [7, 11) is 0. The molecule has 0 fully saturated rings. The van der Waals surface area contributed by atoms with Gasteiger partial charge in [0.15, 0.2) is 5.96 Å². The third-order valence-corrected chi connectivity index (χ3v) is 4.23. The van der Waals surface area contributed by atoms with Gasteiger partial charge in [0.2, 0.25) is 0 Å². The highest BCUT2D eigenvalue weighted by Gasteiger charge is 2.00. The van der Waals surface area contributed by atoms with Gasteiger partial charge in [-0.15, -0.1) is 35.3 Å². The van der Waals surface area contributed by atoms with Crippen LogP contribution in [0, 0.1) is 0 Å². The molecule has 0 bridgehead atoms. The molecule has 2 aromatic rings. The van der Waals surface area contributed by atoms with Crippen LogP contribution in [-0.4, -0.2) is 17.5 Å². The van der Waals surface area contributed by atoms with Crippen LogP contribution in [0.15, 0.2) is 34.6 Å². The van der Waals surface area contributed by atoms with E-state index in [2.05, 4.69) is 46.7 Å². The van der Waals surface area contributed by atoms with Gasteiger partial charge in [-0.05, 0) is 30.5 Å². The highest BCUT2D eigenvalue weighted by molar-refractivity contribution is 14.0. The molecule has 22 heavy (non-hydrogen) atoms. The van der Waals surface area contributed by atoms with Crippen LogP contribution in [0.25, 0.3) is 0 Å². The van der Waals surface area contributed by atoms with Crippen molar-refractivity contribution in [2.24, 2.45) is 10.7 Å². The van der Waals surface area contributed by atoms with E-state index in [0.717, 1.165) is 30.6 Å². The SMILES string of the molecule is CCc1ccc(NC(N)=NCCc2csc(CC)n2)cc1.I. The van der Waals surface area contributed by atoms with Crippen LogP contribution in [0.5, 0.6) is 0 Å². The second-order valence-electron chi connectivity index (χ2n) is 4.78. The van der Waals surface area contributed by atoms with Crippen molar-refractivity contribution in [2.75, 3.05) is 11.9 Å². The van der Waals surface area contributed by atoms with E-state index in [-0.39, 0.29) is 24.0 Å². The monoisotopic (exact) mass is 430 g/mol. The summed E-state index contributed by atoms with van der Waals surface area (Å²) in [6.45, 7) is 4.91. The van der Waals surface area contributed by atoms with Gasteiger partial charge in [-0.25, -0.2) is 4.98 Å². The average Bonchev–Trinajstić information content (AvgIpc) is 2.96. The maximum absolute atomic E-state index is 5.89. The molecule has 3 N–H and O–H groups in total. The van der Waals surface area contributed by atoms with Gasteiger partial charge in [0.25, 0.3) is 0 Å². The Morgan fingerprint density at radius 3 is 2.55 bits per heavy atom. The predicted molar refractivity (Wildman–Crippen MR) is 107 cm³/mol. The zero-order valence-electron chi connectivity index (χ0n) is 13.0. The molecular formula is C16H23IN4S. The van der Waals surface area contributed by atoms with E-state index < -0.39 is 0 Å². The van der Waals surface area contributed by atoms with Crippen molar-refractivity contribution < 1.29 is 0 Å². The Hall–Kier alpha value is -1.15. The molecule has 4 nitrogen and oxygen atoms in total. The van der Waals surface area contributed by atoms with Gasteiger partial charge in [-0.2, -0.15) is 0 Å². The van der Waals surface area contributed by atoms with Gasteiger partial charge in [-0.1, -0.05) is 26.0 Å². The van der Waals surface area contributed by atoms with E-state index in [4.69, 9.17) is 5.73 Å². The van der Waals surface area contributed by atoms with Gasteiger partial charge >= 0.3 is 0 Å². The fourth-order valence-corrected chi connectivity index (χ4v) is 2.71. The van der Waals surface area contributed by atoms with Gasteiger partial charge < -0.3 is 11.1 Å². The molecule has 1 aromatic carbocycles. The maximum atomic E-state index is 5.89. The number of nitrogens with two attached hydrogens (primary N) is 1. The standard InChI is InChI=1S/C16H22N4S.HI/c1-3-12-5-7-13(8-6-12)20-16(17)18-10-9-14-11-21-15(4-2)19-14;/h5-8,11H,3-4,9-10H2,1-2H3,(H3,17,18,20);1H. The molecule has 1 heterocycles. The minimum atomic E-state index is 0. The zero-order valence-corrected chi connectivity index (χ0v) is 16.2. The van der Waals surface area contributed by atoms with Crippen molar-refractivity contribution >= 4 is 47.0 Å². The molecule has 0 radical (unpaired) electrons. The fraction of sp³-hybridized carbons (Fsp3) is 0.375. The molecule has 0 aliphatic heterocycles. The first-order valence-electron chi connectivity index (χ1n) is 7.30. The lowest BCUT2D eigenvalue weighted by Gasteiger charge is -2.06. The molecular weight excluding hydrogens is 407 g/mol. The number of guanidine groups is 1. The number of benzene rings is 1. The Bertz CT molecular complexity index is 592. The molecule has 0 saturated carbocycles. The summed E-state index contributed by atoms with van der Waals surface area (Å²) in [5.41, 5.74) is 9.27. The smallest absolute Gasteiger partial charge is 0.193 e. The number of rotatable bonds is 6. The Kier molecular flexibility index (Phi) is 8.40. The van der Waals surface area contributed by atoms with Crippen LogP contribution >= 0.6 is 35.3 Å². The van der Waals surface area contributed by atoms with Crippen molar-refractivity contribution in [2.45, 2.75) is 33.1 Å². The third kappa shape index (κ3) is 5.92. The summed E-state index contributed by atoms with van der Waals surface area (Å²) >= 11 is 1.71. The normalized spacial score (nSPS) is 11.1. The number of nitrogens with zero attached hydrogens (tertiary/aromatic N) is 2. The molecule has 0 atom stereocenters.